The van der Waals surface area contributed by atoms with Gasteiger partial charge in [-0.05, 0) is 43.4 Å². The minimum atomic E-state index is -0.377. The quantitative estimate of drug-likeness (QED) is 0.587. The van der Waals surface area contributed by atoms with Gasteiger partial charge in [0, 0.05) is 6.42 Å². The van der Waals surface area contributed by atoms with Crippen LogP contribution in [0, 0.1) is 26.2 Å². The second-order valence-corrected chi connectivity index (χ2v) is 3.96. The van der Waals surface area contributed by atoms with Crippen LogP contribution >= 0.6 is 0 Å². The first-order valence-electron chi connectivity index (χ1n) is 5.34. The number of benzene rings is 1. The molecule has 1 aromatic carbocycles. The van der Waals surface area contributed by atoms with Crippen molar-refractivity contribution >= 4 is 0 Å². The first-order chi connectivity index (χ1) is 7.15. The zero-order valence-electron chi connectivity index (χ0n) is 9.46. The Morgan fingerprint density at radius 2 is 2.07 bits per heavy atom. The number of hydrogen-bond acceptors (Lipinski definition) is 1. The maximum absolute atomic E-state index is 9.89. The molecule has 0 amide bonds. The summed E-state index contributed by atoms with van der Waals surface area (Å²) in [5.74, 6) is 2.58. The van der Waals surface area contributed by atoms with Crippen LogP contribution in [-0.4, -0.2) is 5.11 Å². The first kappa shape index (κ1) is 11.8. The molecule has 80 valence electrons. The van der Waals surface area contributed by atoms with Crippen LogP contribution in [0.1, 0.15) is 42.1 Å². The molecule has 15 heavy (non-hydrogen) atoms. The number of hydrogen-bond donors (Lipinski definition) is 1. The summed E-state index contributed by atoms with van der Waals surface area (Å²) in [4.78, 5) is 0. The van der Waals surface area contributed by atoms with Crippen LogP contribution in [0.3, 0.4) is 0 Å². The van der Waals surface area contributed by atoms with Crippen molar-refractivity contribution in [2.45, 2.75) is 39.2 Å². The minimum absolute atomic E-state index is 0.377. The molecule has 1 atom stereocenters. The summed E-state index contributed by atoms with van der Waals surface area (Å²) in [6, 6.07) is 6.09. The average molecular weight is 202 g/mol. The van der Waals surface area contributed by atoms with Crippen LogP contribution in [0.2, 0.25) is 0 Å². The highest BCUT2D eigenvalue weighted by atomic mass is 16.3. The Kier molecular flexibility index (Phi) is 4.39. The monoisotopic (exact) mass is 202 g/mol. The van der Waals surface area contributed by atoms with Crippen LogP contribution in [0.15, 0.2) is 18.2 Å². The number of rotatable bonds is 4. The van der Waals surface area contributed by atoms with E-state index in [-0.39, 0.29) is 6.10 Å². The molecule has 0 aliphatic heterocycles. The fraction of sp³-hybridized carbons (Fsp3) is 0.429. The molecule has 0 saturated heterocycles. The van der Waals surface area contributed by atoms with Gasteiger partial charge in [0.25, 0.3) is 0 Å². The molecule has 0 aliphatic rings. The summed E-state index contributed by atoms with van der Waals surface area (Å²) >= 11 is 0. The van der Waals surface area contributed by atoms with Crippen molar-refractivity contribution in [1.82, 2.24) is 0 Å². The molecular formula is C14H18O. The average Bonchev–Trinajstić information content (AvgIpc) is 2.22. The van der Waals surface area contributed by atoms with E-state index in [1.54, 1.807) is 0 Å². The molecule has 0 heterocycles. The molecule has 1 unspecified atom stereocenters. The Hall–Kier alpha value is -1.26. The first-order valence-corrected chi connectivity index (χ1v) is 5.34. The smallest absolute Gasteiger partial charge is 0.0790 e. The predicted octanol–water partition coefficient (Wildman–Crippen LogP) is 3.14. The molecule has 1 N–H and O–H groups in total. The maximum Gasteiger partial charge on any atom is 0.0790 e. The van der Waals surface area contributed by atoms with E-state index in [9.17, 15) is 5.11 Å². The van der Waals surface area contributed by atoms with Crippen LogP contribution in [-0.2, 0) is 0 Å². The van der Waals surface area contributed by atoms with Gasteiger partial charge >= 0.3 is 0 Å². The Balaban J connectivity index is 2.62. The second kappa shape index (κ2) is 5.58. The lowest BCUT2D eigenvalue weighted by atomic mass is 9.99. The number of aryl methyl sites for hydroxylation is 2. The van der Waals surface area contributed by atoms with E-state index in [0.29, 0.717) is 0 Å². The van der Waals surface area contributed by atoms with E-state index < -0.39 is 0 Å². The summed E-state index contributed by atoms with van der Waals surface area (Å²) in [5, 5.41) is 9.89. The van der Waals surface area contributed by atoms with Gasteiger partial charge in [-0.25, -0.2) is 0 Å². The molecular weight excluding hydrogens is 184 g/mol. The summed E-state index contributed by atoms with van der Waals surface area (Å²) in [5.41, 5.74) is 3.48. The van der Waals surface area contributed by atoms with E-state index >= 15 is 0 Å². The number of unbranched alkanes of at least 4 members (excludes halogenated alkanes) is 1. The number of aliphatic hydroxyl groups excluding tert-OH is 1. The summed E-state index contributed by atoms with van der Waals surface area (Å²) < 4.78 is 0. The van der Waals surface area contributed by atoms with Gasteiger partial charge in [0.05, 0.1) is 6.10 Å². The molecule has 1 heteroatoms. The third kappa shape index (κ3) is 3.42. The van der Waals surface area contributed by atoms with Gasteiger partial charge in [-0.3, -0.25) is 0 Å². The van der Waals surface area contributed by atoms with E-state index in [0.717, 1.165) is 24.8 Å². The Labute approximate surface area is 92.1 Å². The highest BCUT2D eigenvalue weighted by Crippen LogP contribution is 2.21. The fourth-order valence-corrected chi connectivity index (χ4v) is 1.54. The van der Waals surface area contributed by atoms with Crippen LogP contribution in [0.25, 0.3) is 0 Å². The zero-order valence-corrected chi connectivity index (χ0v) is 9.46. The molecule has 0 spiro atoms. The van der Waals surface area contributed by atoms with E-state index in [2.05, 4.69) is 31.9 Å². The highest BCUT2D eigenvalue weighted by molar-refractivity contribution is 5.31. The van der Waals surface area contributed by atoms with Crippen molar-refractivity contribution in [2.75, 3.05) is 0 Å². The molecule has 1 aromatic rings. The SMILES string of the molecule is C#CCCCC(O)c1ccc(C)c(C)c1. The molecule has 0 aromatic heterocycles. The summed E-state index contributed by atoms with van der Waals surface area (Å²) in [6.45, 7) is 4.14. The van der Waals surface area contributed by atoms with E-state index in [1.165, 1.54) is 11.1 Å². The Bertz CT molecular complexity index is 360. The zero-order chi connectivity index (χ0) is 11.3. The molecule has 0 fully saturated rings. The lowest BCUT2D eigenvalue weighted by Gasteiger charge is -2.11. The van der Waals surface area contributed by atoms with E-state index in [4.69, 9.17) is 6.42 Å². The van der Waals surface area contributed by atoms with Gasteiger partial charge in [-0.1, -0.05) is 18.2 Å². The topological polar surface area (TPSA) is 20.2 Å². The van der Waals surface area contributed by atoms with Crippen molar-refractivity contribution in [3.05, 3.63) is 34.9 Å². The van der Waals surface area contributed by atoms with Gasteiger partial charge in [0.15, 0.2) is 0 Å². The van der Waals surface area contributed by atoms with Gasteiger partial charge in [0.1, 0.15) is 0 Å². The van der Waals surface area contributed by atoms with Gasteiger partial charge < -0.3 is 5.11 Å². The lowest BCUT2D eigenvalue weighted by molar-refractivity contribution is 0.165. The molecule has 1 nitrogen and oxygen atoms in total. The fourth-order valence-electron chi connectivity index (χ4n) is 1.54. The lowest BCUT2D eigenvalue weighted by Crippen LogP contribution is -1.98. The van der Waals surface area contributed by atoms with Crippen molar-refractivity contribution in [1.29, 1.82) is 0 Å². The second-order valence-electron chi connectivity index (χ2n) is 3.96. The van der Waals surface area contributed by atoms with E-state index in [1.807, 2.05) is 6.07 Å². The maximum atomic E-state index is 9.89. The van der Waals surface area contributed by atoms with Crippen molar-refractivity contribution in [2.24, 2.45) is 0 Å². The van der Waals surface area contributed by atoms with Gasteiger partial charge in [-0.15, -0.1) is 12.3 Å². The van der Waals surface area contributed by atoms with Crippen LogP contribution < -0.4 is 0 Å². The Morgan fingerprint density at radius 3 is 2.67 bits per heavy atom. The summed E-state index contributed by atoms with van der Waals surface area (Å²) in [7, 11) is 0. The minimum Gasteiger partial charge on any atom is -0.388 e. The van der Waals surface area contributed by atoms with Gasteiger partial charge in [-0.2, -0.15) is 0 Å². The number of terminal acetylenes is 1. The molecule has 0 saturated carbocycles. The van der Waals surface area contributed by atoms with Crippen molar-refractivity contribution in [3.63, 3.8) is 0 Å². The normalized spacial score (nSPS) is 12.1. The van der Waals surface area contributed by atoms with Crippen molar-refractivity contribution < 1.29 is 5.11 Å². The predicted molar refractivity (Wildman–Crippen MR) is 63.6 cm³/mol. The molecule has 1 rings (SSSR count). The summed E-state index contributed by atoms with van der Waals surface area (Å²) in [6.07, 6.45) is 7.15. The molecule has 0 aliphatic carbocycles. The third-order valence-electron chi connectivity index (χ3n) is 2.71. The number of aliphatic hydroxyl groups is 1. The van der Waals surface area contributed by atoms with Crippen LogP contribution in [0.4, 0.5) is 0 Å². The van der Waals surface area contributed by atoms with Crippen LogP contribution in [0.5, 0.6) is 0 Å². The Morgan fingerprint density at radius 1 is 1.33 bits per heavy atom. The van der Waals surface area contributed by atoms with Gasteiger partial charge in [0.2, 0.25) is 0 Å². The highest BCUT2D eigenvalue weighted by Gasteiger charge is 2.07. The molecule has 0 radical (unpaired) electrons. The standard InChI is InChI=1S/C14H18O/c1-4-5-6-7-14(15)13-9-8-11(2)12(3)10-13/h1,8-10,14-15H,5-7H2,2-3H3. The van der Waals surface area contributed by atoms with Crippen molar-refractivity contribution in [3.8, 4) is 12.3 Å². The molecule has 0 bridgehead atoms. The third-order valence-corrected chi connectivity index (χ3v) is 2.71. The largest absolute Gasteiger partial charge is 0.388 e.